The van der Waals surface area contributed by atoms with E-state index in [1.165, 1.54) is 6.07 Å². The van der Waals surface area contributed by atoms with Crippen molar-refractivity contribution >= 4 is 5.97 Å². The Hall–Kier alpha value is -1.46. The zero-order chi connectivity index (χ0) is 14.0. The minimum atomic E-state index is -0.904. The molecule has 1 aliphatic heterocycles. The molecule has 1 aromatic carbocycles. The third-order valence-electron chi connectivity index (χ3n) is 3.63. The predicted molar refractivity (Wildman–Crippen MR) is 68.5 cm³/mol. The van der Waals surface area contributed by atoms with E-state index in [-0.39, 0.29) is 18.5 Å². The van der Waals surface area contributed by atoms with Crippen molar-refractivity contribution in [2.45, 2.75) is 25.9 Å². The Balaban J connectivity index is 2.23. The van der Waals surface area contributed by atoms with E-state index in [0.717, 1.165) is 5.56 Å². The van der Waals surface area contributed by atoms with E-state index < -0.39 is 12.0 Å². The van der Waals surface area contributed by atoms with Gasteiger partial charge < -0.3 is 9.84 Å². The molecule has 1 aliphatic rings. The van der Waals surface area contributed by atoms with E-state index in [0.29, 0.717) is 18.7 Å². The monoisotopic (exact) mass is 267 g/mol. The Labute approximate surface area is 111 Å². The Morgan fingerprint density at radius 2 is 2.32 bits per heavy atom. The van der Waals surface area contributed by atoms with Gasteiger partial charge in [0.2, 0.25) is 0 Å². The number of ether oxygens (including phenoxy) is 1. The lowest BCUT2D eigenvalue weighted by atomic mass is 10.0. The lowest BCUT2D eigenvalue weighted by molar-refractivity contribution is -0.151. The van der Waals surface area contributed by atoms with E-state index in [9.17, 15) is 14.3 Å². The van der Waals surface area contributed by atoms with Gasteiger partial charge in [-0.25, -0.2) is 4.39 Å². The molecule has 1 heterocycles. The quantitative estimate of drug-likeness (QED) is 0.909. The number of carbonyl (C=O) groups is 1. The molecule has 0 spiro atoms. The van der Waals surface area contributed by atoms with Gasteiger partial charge in [0.1, 0.15) is 11.9 Å². The number of carboxylic acid groups (broad SMARTS) is 1. The summed E-state index contributed by atoms with van der Waals surface area (Å²) in [5.41, 5.74) is 1.38. The summed E-state index contributed by atoms with van der Waals surface area (Å²) in [6, 6.07) is 4.22. The summed E-state index contributed by atoms with van der Waals surface area (Å²) in [5.74, 6) is -1.16. The first-order valence-electron chi connectivity index (χ1n) is 6.33. The summed E-state index contributed by atoms with van der Waals surface area (Å²) in [6.45, 7) is 4.81. The number of nitrogens with zero attached hydrogens (tertiary/aromatic N) is 1. The summed E-state index contributed by atoms with van der Waals surface area (Å²) in [7, 11) is 0. The van der Waals surface area contributed by atoms with Crippen molar-refractivity contribution in [3.8, 4) is 0 Å². The average molecular weight is 267 g/mol. The topological polar surface area (TPSA) is 49.8 Å². The van der Waals surface area contributed by atoms with Crippen LogP contribution in [0, 0.1) is 12.7 Å². The van der Waals surface area contributed by atoms with E-state index in [1.54, 1.807) is 13.0 Å². The number of carboxylic acids is 1. The number of hydrogen-bond donors (Lipinski definition) is 1. The third kappa shape index (κ3) is 2.93. The first kappa shape index (κ1) is 14.0. The second kappa shape index (κ2) is 5.67. The Bertz CT molecular complexity index is 478. The molecule has 2 unspecified atom stereocenters. The number of aliphatic carboxylic acids is 1. The van der Waals surface area contributed by atoms with Crippen LogP contribution in [0.1, 0.15) is 24.1 Å². The fourth-order valence-electron chi connectivity index (χ4n) is 2.35. The molecule has 1 aromatic rings. The maximum absolute atomic E-state index is 13.6. The molecule has 2 rings (SSSR count). The zero-order valence-corrected chi connectivity index (χ0v) is 11.1. The van der Waals surface area contributed by atoms with Gasteiger partial charge in [-0.1, -0.05) is 12.1 Å². The highest BCUT2D eigenvalue weighted by Gasteiger charge is 2.33. The van der Waals surface area contributed by atoms with Crippen LogP contribution in [0.25, 0.3) is 0 Å². The van der Waals surface area contributed by atoms with Crippen LogP contribution in [-0.2, 0) is 9.53 Å². The Morgan fingerprint density at radius 3 is 2.95 bits per heavy atom. The van der Waals surface area contributed by atoms with Crippen molar-refractivity contribution in [2.24, 2.45) is 0 Å². The number of benzene rings is 1. The summed E-state index contributed by atoms with van der Waals surface area (Å²) in [4.78, 5) is 13.1. The normalized spacial score (nSPS) is 22.2. The summed E-state index contributed by atoms with van der Waals surface area (Å²) >= 11 is 0. The molecule has 1 N–H and O–H groups in total. The highest BCUT2D eigenvalue weighted by atomic mass is 19.1. The molecule has 4 nitrogen and oxygen atoms in total. The van der Waals surface area contributed by atoms with Gasteiger partial charge in [0, 0.05) is 12.6 Å². The van der Waals surface area contributed by atoms with Gasteiger partial charge in [0.15, 0.2) is 0 Å². The molecule has 2 atom stereocenters. The molecule has 19 heavy (non-hydrogen) atoms. The second-order valence-corrected chi connectivity index (χ2v) is 4.85. The summed E-state index contributed by atoms with van der Waals surface area (Å²) < 4.78 is 18.8. The van der Waals surface area contributed by atoms with E-state index in [1.807, 2.05) is 17.9 Å². The smallest absolute Gasteiger partial charge is 0.323 e. The standard InChI is InChI=1S/C14H18FNO3/c1-9-3-4-11(7-12(9)15)10(2)16-5-6-19-8-13(16)14(17)18/h3-4,7,10,13H,5-6,8H2,1-2H3,(H,17,18). The van der Waals surface area contributed by atoms with Crippen LogP contribution in [0.15, 0.2) is 18.2 Å². The van der Waals surface area contributed by atoms with Crippen molar-refractivity contribution in [3.05, 3.63) is 35.1 Å². The van der Waals surface area contributed by atoms with Crippen LogP contribution < -0.4 is 0 Å². The Morgan fingerprint density at radius 1 is 1.58 bits per heavy atom. The van der Waals surface area contributed by atoms with E-state index in [4.69, 9.17) is 4.74 Å². The molecule has 104 valence electrons. The number of halogens is 1. The molecule has 0 amide bonds. The van der Waals surface area contributed by atoms with Crippen molar-refractivity contribution in [1.82, 2.24) is 4.90 Å². The summed E-state index contributed by atoms with van der Waals surface area (Å²) in [6.07, 6.45) is 0. The molecule has 1 saturated heterocycles. The maximum Gasteiger partial charge on any atom is 0.323 e. The second-order valence-electron chi connectivity index (χ2n) is 4.85. The molecule has 1 fully saturated rings. The number of aryl methyl sites for hydroxylation is 1. The minimum Gasteiger partial charge on any atom is -0.480 e. The van der Waals surface area contributed by atoms with Crippen LogP contribution in [0.2, 0.25) is 0 Å². The molecule has 0 bridgehead atoms. The van der Waals surface area contributed by atoms with Crippen molar-refractivity contribution in [1.29, 1.82) is 0 Å². The number of hydrogen-bond acceptors (Lipinski definition) is 3. The Kier molecular flexibility index (Phi) is 4.17. The van der Waals surface area contributed by atoms with Crippen molar-refractivity contribution < 1.29 is 19.0 Å². The first-order valence-corrected chi connectivity index (χ1v) is 6.33. The lowest BCUT2D eigenvalue weighted by Crippen LogP contribution is -2.50. The van der Waals surface area contributed by atoms with Crippen molar-refractivity contribution in [2.75, 3.05) is 19.8 Å². The molecular formula is C14H18FNO3. The first-order chi connectivity index (χ1) is 9.00. The van der Waals surface area contributed by atoms with Crippen LogP contribution in [-0.4, -0.2) is 41.8 Å². The van der Waals surface area contributed by atoms with Gasteiger partial charge in [-0.05, 0) is 31.0 Å². The van der Waals surface area contributed by atoms with E-state index >= 15 is 0 Å². The van der Waals surface area contributed by atoms with Gasteiger partial charge in [-0.3, -0.25) is 9.69 Å². The molecular weight excluding hydrogens is 249 g/mol. The van der Waals surface area contributed by atoms with Crippen LogP contribution in [0.3, 0.4) is 0 Å². The zero-order valence-electron chi connectivity index (χ0n) is 11.1. The minimum absolute atomic E-state index is 0.153. The molecule has 0 aliphatic carbocycles. The third-order valence-corrected chi connectivity index (χ3v) is 3.63. The lowest BCUT2D eigenvalue weighted by Gasteiger charge is -2.37. The van der Waals surface area contributed by atoms with Gasteiger partial charge in [-0.15, -0.1) is 0 Å². The fraction of sp³-hybridized carbons (Fsp3) is 0.500. The highest BCUT2D eigenvalue weighted by molar-refractivity contribution is 5.73. The van der Waals surface area contributed by atoms with Crippen molar-refractivity contribution in [3.63, 3.8) is 0 Å². The predicted octanol–water partition coefficient (Wildman–Crippen LogP) is 1.98. The number of rotatable bonds is 3. The molecule has 0 saturated carbocycles. The molecule has 0 radical (unpaired) electrons. The number of morpholine rings is 1. The molecule has 5 heteroatoms. The SMILES string of the molecule is Cc1ccc(C(C)N2CCOCC2C(=O)O)cc1F. The van der Waals surface area contributed by atoms with Gasteiger partial charge in [-0.2, -0.15) is 0 Å². The largest absolute Gasteiger partial charge is 0.480 e. The molecule has 0 aromatic heterocycles. The summed E-state index contributed by atoms with van der Waals surface area (Å²) in [5, 5.41) is 9.21. The fourth-order valence-corrected chi connectivity index (χ4v) is 2.35. The highest BCUT2D eigenvalue weighted by Crippen LogP contribution is 2.25. The van der Waals surface area contributed by atoms with Gasteiger partial charge in [0.25, 0.3) is 0 Å². The van der Waals surface area contributed by atoms with Crippen LogP contribution in [0.4, 0.5) is 4.39 Å². The van der Waals surface area contributed by atoms with Gasteiger partial charge >= 0.3 is 5.97 Å². The van der Waals surface area contributed by atoms with Crippen LogP contribution >= 0.6 is 0 Å². The van der Waals surface area contributed by atoms with Gasteiger partial charge in [0.05, 0.1) is 13.2 Å². The maximum atomic E-state index is 13.6. The van der Waals surface area contributed by atoms with Crippen LogP contribution in [0.5, 0.6) is 0 Å². The van der Waals surface area contributed by atoms with E-state index in [2.05, 4.69) is 0 Å². The average Bonchev–Trinajstić information content (AvgIpc) is 2.41.